The van der Waals surface area contributed by atoms with E-state index in [2.05, 4.69) is 27.1 Å². The first kappa shape index (κ1) is 28.1. The van der Waals surface area contributed by atoms with E-state index in [1.165, 1.54) is 30.7 Å². The summed E-state index contributed by atoms with van der Waals surface area (Å²) in [6.07, 6.45) is 3.33. The zero-order chi connectivity index (χ0) is 27.4. The Balaban J connectivity index is 1.79. The minimum Gasteiger partial charge on any atom is -0.451 e. The zero-order valence-electron chi connectivity index (χ0n) is 22.8. The summed E-state index contributed by atoms with van der Waals surface area (Å²) in [4.78, 5) is 37.6. The van der Waals surface area contributed by atoms with Gasteiger partial charge in [-0.25, -0.2) is 19.2 Å². The number of benzene rings is 1. The molecular weight excluding hydrogens is 477 g/mol. The van der Waals surface area contributed by atoms with Gasteiger partial charge < -0.3 is 24.6 Å². The Morgan fingerprint density at radius 1 is 1.27 bits per heavy atom. The molecule has 1 aromatic carbocycles. The second-order valence-electron chi connectivity index (χ2n) is 11.0. The van der Waals surface area contributed by atoms with Crippen LogP contribution in [0.25, 0.3) is 0 Å². The van der Waals surface area contributed by atoms with Crippen LogP contribution in [0.3, 0.4) is 0 Å². The van der Waals surface area contributed by atoms with Crippen molar-refractivity contribution in [1.29, 1.82) is 0 Å². The Hall–Kier alpha value is -3.43. The van der Waals surface area contributed by atoms with Crippen LogP contribution in [0.5, 0.6) is 11.5 Å². The molecule has 1 N–H and O–H groups in total. The van der Waals surface area contributed by atoms with Gasteiger partial charge in [-0.05, 0) is 66.2 Å². The fraction of sp³-hybridized carbons (Fsp3) is 0.556. The summed E-state index contributed by atoms with van der Waals surface area (Å²) in [5.74, 6) is 0.324. The molecule has 0 bridgehead atoms. The smallest absolute Gasteiger partial charge is 0.407 e. The zero-order valence-corrected chi connectivity index (χ0v) is 22.8. The van der Waals surface area contributed by atoms with Crippen LogP contribution >= 0.6 is 0 Å². The van der Waals surface area contributed by atoms with Crippen LogP contribution in [0.15, 0.2) is 30.7 Å². The van der Waals surface area contributed by atoms with Crippen molar-refractivity contribution in [3.8, 4) is 11.5 Å². The summed E-state index contributed by atoms with van der Waals surface area (Å²) in [6, 6.07) is 3.85. The highest BCUT2D eigenvalue weighted by Gasteiger charge is 2.36. The van der Waals surface area contributed by atoms with Crippen LogP contribution in [-0.4, -0.2) is 64.7 Å². The standard InChI is InChI=1S/C27H38FN5O4/c1-8-33(18(2)3)24(34)20-13-19(28)9-10-21(20)36-22-14-29-17-31-23(22)32-12-11-27(7,16-32)15-30-25(35)37-26(4,5)6/h9-10,13-14,17-18H,8,11-12,15-16H2,1-7H3,(H,30,35)/t27-/m0/s1. The van der Waals surface area contributed by atoms with Gasteiger partial charge in [0.1, 0.15) is 23.5 Å². The van der Waals surface area contributed by atoms with Crippen LogP contribution in [0, 0.1) is 11.2 Å². The molecule has 1 aliphatic rings. The third-order valence-corrected chi connectivity index (χ3v) is 6.19. The third kappa shape index (κ3) is 7.30. The predicted octanol–water partition coefficient (Wildman–Crippen LogP) is 5.02. The van der Waals surface area contributed by atoms with Gasteiger partial charge in [0.2, 0.25) is 0 Å². The number of anilines is 1. The van der Waals surface area contributed by atoms with Crippen molar-refractivity contribution < 1.29 is 23.5 Å². The van der Waals surface area contributed by atoms with Crippen molar-refractivity contribution in [2.24, 2.45) is 5.41 Å². The Bertz CT molecular complexity index is 1120. The minimum absolute atomic E-state index is 0.0548. The lowest BCUT2D eigenvalue weighted by Crippen LogP contribution is -2.40. The Kier molecular flexibility index (Phi) is 8.60. The van der Waals surface area contributed by atoms with Crippen LogP contribution in [0.4, 0.5) is 15.0 Å². The molecule has 1 fully saturated rings. The van der Waals surface area contributed by atoms with Gasteiger partial charge in [-0.15, -0.1) is 0 Å². The van der Waals surface area contributed by atoms with Gasteiger partial charge in [-0.2, -0.15) is 0 Å². The summed E-state index contributed by atoms with van der Waals surface area (Å²) in [6.45, 7) is 15.5. The number of hydrogen-bond donors (Lipinski definition) is 1. The van der Waals surface area contributed by atoms with Crippen molar-refractivity contribution in [2.75, 3.05) is 31.1 Å². The maximum absolute atomic E-state index is 14.1. The van der Waals surface area contributed by atoms with Crippen LogP contribution < -0.4 is 15.0 Å². The molecule has 1 atom stereocenters. The highest BCUT2D eigenvalue weighted by atomic mass is 19.1. The molecule has 3 rings (SSSR count). The Labute approximate surface area is 218 Å². The van der Waals surface area contributed by atoms with E-state index in [1.54, 1.807) is 4.90 Å². The maximum Gasteiger partial charge on any atom is 0.407 e. The van der Waals surface area contributed by atoms with Crippen molar-refractivity contribution >= 4 is 17.8 Å². The van der Waals surface area contributed by atoms with E-state index in [4.69, 9.17) is 9.47 Å². The number of ether oxygens (including phenoxy) is 2. The molecule has 0 aliphatic carbocycles. The molecule has 1 aromatic heterocycles. The van der Waals surface area contributed by atoms with Gasteiger partial charge >= 0.3 is 6.09 Å². The lowest BCUT2D eigenvalue weighted by atomic mass is 9.90. The summed E-state index contributed by atoms with van der Waals surface area (Å²) in [7, 11) is 0. The fourth-order valence-electron chi connectivity index (χ4n) is 4.34. The molecular formula is C27H38FN5O4. The average molecular weight is 516 g/mol. The highest BCUT2D eigenvalue weighted by molar-refractivity contribution is 5.97. The van der Waals surface area contributed by atoms with Crippen molar-refractivity contribution in [2.45, 2.75) is 66.5 Å². The number of nitrogens with one attached hydrogen (secondary N) is 1. The molecule has 10 heteroatoms. The third-order valence-electron chi connectivity index (χ3n) is 6.19. The van der Waals surface area contributed by atoms with E-state index >= 15 is 0 Å². The first-order chi connectivity index (χ1) is 17.3. The molecule has 37 heavy (non-hydrogen) atoms. The summed E-state index contributed by atoms with van der Waals surface area (Å²) >= 11 is 0. The van der Waals surface area contributed by atoms with Crippen molar-refractivity contribution in [1.82, 2.24) is 20.2 Å². The molecule has 0 radical (unpaired) electrons. The molecule has 0 saturated carbocycles. The average Bonchev–Trinajstić information content (AvgIpc) is 3.20. The Morgan fingerprint density at radius 3 is 2.65 bits per heavy atom. The van der Waals surface area contributed by atoms with Gasteiger partial charge in [0.05, 0.1) is 11.8 Å². The number of aromatic nitrogens is 2. The molecule has 0 unspecified atom stereocenters. The lowest BCUT2D eigenvalue weighted by molar-refractivity contribution is 0.0506. The maximum atomic E-state index is 14.1. The number of hydrogen-bond acceptors (Lipinski definition) is 7. The van der Waals surface area contributed by atoms with Gasteiger partial charge in [-0.1, -0.05) is 6.92 Å². The normalized spacial score (nSPS) is 17.6. The molecule has 2 heterocycles. The SMILES string of the molecule is CCN(C(=O)c1cc(F)ccc1Oc1cncnc1N1CC[C@@](C)(CNC(=O)OC(C)(C)C)C1)C(C)C. The van der Waals surface area contributed by atoms with E-state index in [9.17, 15) is 14.0 Å². The molecule has 2 amide bonds. The number of halogens is 1. The van der Waals surface area contributed by atoms with Gasteiger partial charge in [0, 0.05) is 37.6 Å². The second kappa shape index (κ2) is 11.3. The Morgan fingerprint density at radius 2 is 2.00 bits per heavy atom. The number of rotatable bonds is 8. The fourth-order valence-corrected chi connectivity index (χ4v) is 4.34. The van der Waals surface area contributed by atoms with Gasteiger partial charge in [-0.3, -0.25) is 4.79 Å². The predicted molar refractivity (Wildman–Crippen MR) is 140 cm³/mol. The van der Waals surface area contributed by atoms with E-state index in [1.807, 2.05) is 41.5 Å². The second-order valence-corrected chi connectivity index (χ2v) is 11.0. The quantitative estimate of drug-likeness (QED) is 0.527. The first-order valence-corrected chi connectivity index (χ1v) is 12.6. The molecule has 1 aliphatic heterocycles. The highest BCUT2D eigenvalue weighted by Crippen LogP contribution is 2.38. The molecule has 0 spiro atoms. The number of amides is 2. The summed E-state index contributed by atoms with van der Waals surface area (Å²) in [5.41, 5.74) is -0.642. The number of nitrogens with zero attached hydrogens (tertiary/aromatic N) is 4. The van der Waals surface area contributed by atoms with Crippen LogP contribution in [-0.2, 0) is 4.74 Å². The van der Waals surface area contributed by atoms with Gasteiger partial charge in [0.15, 0.2) is 11.6 Å². The number of alkyl carbamates (subject to hydrolysis) is 1. The topological polar surface area (TPSA) is 96.9 Å². The molecule has 2 aromatic rings. The molecule has 202 valence electrons. The van der Waals surface area contributed by atoms with E-state index in [-0.39, 0.29) is 28.7 Å². The molecule has 9 nitrogen and oxygen atoms in total. The van der Waals surface area contributed by atoms with Gasteiger partial charge in [0.25, 0.3) is 5.91 Å². The van der Waals surface area contributed by atoms with E-state index < -0.39 is 17.5 Å². The molecule has 1 saturated heterocycles. The first-order valence-electron chi connectivity index (χ1n) is 12.6. The van der Waals surface area contributed by atoms with Crippen LogP contribution in [0.1, 0.15) is 65.2 Å². The minimum atomic E-state index is -0.566. The largest absolute Gasteiger partial charge is 0.451 e. The van der Waals surface area contributed by atoms with Crippen molar-refractivity contribution in [3.05, 3.63) is 42.1 Å². The van der Waals surface area contributed by atoms with Crippen molar-refractivity contribution in [3.63, 3.8) is 0 Å². The van der Waals surface area contributed by atoms with E-state index in [0.717, 1.165) is 6.42 Å². The number of carbonyl (C=O) groups is 2. The number of carbonyl (C=O) groups excluding carboxylic acids is 2. The summed E-state index contributed by atoms with van der Waals surface area (Å²) in [5, 5.41) is 2.87. The van der Waals surface area contributed by atoms with E-state index in [0.29, 0.717) is 37.7 Å². The van der Waals surface area contributed by atoms with Crippen LogP contribution in [0.2, 0.25) is 0 Å². The lowest BCUT2D eigenvalue weighted by Gasteiger charge is -2.27. The summed E-state index contributed by atoms with van der Waals surface area (Å²) < 4.78 is 25.7. The monoisotopic (exact) mass is 515 g/mol.